The van der Waals surface area contributed by atoms with Gasteiger partial charge in [-0.3, -0.25) is 0 Å². The second-order valence-corrected chi connectivity index (χ2v) is 4.36. The fourth-order valence-corrected chi connectivity index (χ4v) is 2.10. The number of rotatable bonds is 5. The van der Waals surface area contributed by atoms with Crippen molar-refractivity contribution in [2.75, 3.05) is 20.8 Å². The van der Waals surface area contributed by atoms with Gasteiger partial charge in [-0.1, -0.05) is 12.1 Å². The van der Waals surface area contributed by atoms with E-state index in [0.29, 0.717) is 12.5 Å². The predicted molar refractivity (Wildman–Crippen MR) is 61.5 cm³/mol. The lowest BCUT2D eigenvalue weighted by molar-refractivity contribution is -0.0532. The summed E-state index contributed by atoms with van der Waals surface area (Å²) in [7, 11) is 3.26. The molecule has 0 amide bonds. The van der Waals surface area contributed by atoms with E-state index < -0.39 is 5.60 Å². The molecule has 0 heterocycles. The second-order valence-electron chi connectivity index (χ2n) is 4.36. The van der Waals surface area contributed by atoms with E-state index in [1.54, 1.807) is 14.2 Å². The van der Waals surface area contributed by atoms with Crippen LogP contribution in [0.4, 0.5) is 0 Å². The topological polar surface area (TPSA) is 38.7 Å². The minimum atomic E-state index is -0.832. The summed E-state index contributed by atoms with van der Waals surface area (Å²) in [5.74, 6) is 1.14. The van der Waals surface area contributed by atoms with Crippen molar-refractivity contribution in [3.05, 3.63) is 29.8 Å². The van der Waals surface area contributed by atoms with Gasteiger partial charge in [-0.15, -0.1) is 0 Å². The number of ether oxygens (including phenoxy) is 2. The Morgan fingerprint density at radius 1 is 1.25 bits per heavy atom. The Kier molecular flexibility index (Phi) is 3.17. The Morgan fingerprint density at radius 2 is 1.88 bits per heavy atom. The first-order valence-electron chi connectivity index (χ1n) is 5.56. The molecule has 1 aromatic rings. The predicted octanol–water partition coefficient (Wildman–Crippen LogP) is 1.94. The highest BCUT2D eigenvalue weighted by molar-refractivity contribution is 5.32. The van der Waals surface area contributed by atoms with Crippen LogP contribution in [0.2, 0.25) is 0 Å². The third-order valence-corrected chi connectivity index (χ3v) is 3.21. The molecule has 0 saturated heterocycles. The van der Waals surface area contributed by atoms with Crippen LogP contribution >= 0.6 is 0 Å². The van der Waals surface area contributed by atoms with Crippen LogP contribution in [-0.4, -0.2) is 25.9 Å². The van der Waals surface area contributed by atoms with Gasteiger partial charge in [-0.05, 0) is 36.5 Å². The van der Waals surface area contributed by atoms with Gasteiger partial charge in [0.2, 0.25) is 0 Å². The molecule has 0 bridgehead atoms. The van der Waals surface area contributed by atoms with E-state index in [0.717, 1.165) is 24.2 Å². The van der Waals surface area contributed by atoms with E-state index in [9.17, 15) is 5.11 Å². The Labute approximate surface area is 96.0 Å². The summed E-state index contributed by atoms with van der Waals surface area (Å²) in [6.45, 7) is 0.351. The summed E-state index contributed by atoms with van der Waals surface area (Å²) in [6, 6.07) is 7.57. The molecule has 0 aliphatic heterocycles. The first kappa shape index (κ1) is 11.4. The van der Waals surface area contributed by atoms with E-state index in [-0.39, 0.29) is 0 Å². The lowest BCUT2D eigenvalue weighted by atomic mass is 9.89. The average Bonchev–Trinajstić information content (AvgIpc) is 3.13. The Bertz CT molecular complexity index is 343. The van der Waals surface area contributed by atoms with E-state index in [1.807, 2.05) is 24.3 Å². The number of hydrogen-bond donors (Lipinski definition) is 1. The Balaban J connectivity index is 2.24. The lowest BCUT2D eigenvalue weighted by Crippen LogP contribution is -2.33. The number of methoxy groups -OCH3 is 2. The summed E-state index contributed by atoms with van der Waals surface area (Å²) in [5, 5.41) is 10.6. The van der Waals surface area contributed by atoms with E-state index in [2.05, 4.69) is 0 Å². The molecule has 1 N–H and O–H groups in total. The van der Waals surface area contributed by atoms with Crippen LogP contribution in [-0.2, 0) is 10.3 Å². The van der Waals surface area contributed by atoms with Gasteiger partial charge < -0.3 is 14.6 Å². The second kappa shape index (κ2) is 4.44. The SMILES string of the molecule is COCC(O)(c1ccc(OC)cc1)C1CC1. The van der Waals surface area contributed by atoms with Crippen molar-refractivity contribution >= 4 is 0 Å². The van der Waals surface area contributed by atoms with Gasteiger partial charge in [0.05, 0.1) is 13.7 Å². The summed E-state index contributed by atoms with van der Waals surface area (Å²) >= 11 is 0. The number of benzene rings is 1. The smallest absolute Gasteiger partial charge is 0.118 e. The molecule has 1 aliphatic rings. The molecule has 3 nitrogen and oxygen atoms in total. The zero-order chi connectivity index (χ0) is 11.6. The summed E-state index contributed by atoms with van der Waals surface area (Å²) < 4.78 is 10.2. The summed E-state index contributed by atoms with van der Waals surface area (Å²) in [4.78, 5) is 0. The zero-order valence-electron chi connectivity index (χ0n) is 9.77. The fourth-order valence-electron chi connectivity index (χ4n) is 2.10. The average molecular weight is 222 g/mol. The molecular weight excluding hydrogens is 204 g/mol. The highest BCUT2D eigenvalue weighted by Crippen LogP contribution is 2.46. The quantitative estimate of drug-likeness (QED) is 0.827. The van der Waals surface area contributed by atoms with Crippen molar-refractivity contribution in [3.8, 4) is 5.75 Å². The molecule has 1 aromatic carbocycles. The van der Waals surface area contributed by atoms with Crippen molar-refractivity contribution < 1.29 is 14.6 Å². The van der Waals surface area contributed by atoms with Gasteiger partial charge in [0.15, 0.2) is 0 Å². The Hall–Kier alpha value is -1.06. The maximum Gasteiger partial charge on any atom is 0.118 e. The monoisotopic (exact) mass is 222 g/mol. The minimum Gasteiger partial charge on any atom is -0.497 e. The molecule has 16 heavy (non-hydrogen) atoms. The van der Waals surface area contributed by atoms with Gasteiger partial charge in [0, 0.05) is 7.11 Å². The van der Waals surface area contributed by atoms with E-state index in [4.69, 9.17) is 9.47 Å². The van der Waals surface area contributed by atoms with Crippen LogP contribution in [0, 0.1) is 5.92 Å². The zero-order valence-corrected chi connectivity index (χ0v) is 9.77. The van der Waals surface area contributed by atoms with Crippen molar-refractivity contribution in [2.24, 2.45) is 5.92 Å². The van der Waals surface area contributed by atoms with Crippen LogP contribution in [0.5, 0.6) is 5.75 Å². The van der Waals surface area contributed by atoms with Gasteiger partial charge in [-0.2, -0.15) is 0 Å². The molecule has 3 heteroatoms. The largest absolute Gasteiger partial charge is 0.497 e. The first-order valence-corrected chi connectivity index (χ1v) is 5.56. The van der Waals surface area contributed by atoms with Crippen molar-refractivity contribution in [3.63, 3.8) is 0 Å². The maximum atomic E-state index is 10.6. The van der Waals surface area contributed by atoms with Gasteiger partial charge in [0.1, 0.15) is 11.4 Å². The highest BCUT2D eigenvalue weighted by atomic mass is 16.5. The fraction of sp³-hybridized carbons (Fsp3) is 0.538. The molecule has 2 rings (SSSR count). The molecule has 1 saturated carbocycles. The molecule has 88 valence electrons. The van der Waals surface area contributed by atoms with Crippen LogP contribution in [0.3, 0.4) is 0 Å². The third-order valence-electron chi connectivity index (χ3n) is 3.21. The molecule has 1 aliphatic carbocycles. The van der Waals surface area contributed by atoms with Crippen LogP contribution in [0.15, 0.2) is 24.3 Å². The van der Waals surface area contributed by atoms with E-state index >= 15 is 0 Å². The molecule has 0 radical (unpaired) electrons. The van der Waals surface area contributed by atoms with Crippen molar-refractivity contribution in [1.82, 2.24) is 0 Å². The van der Waals surface area contributed by atoms with Crippen molar-refractivity contribution in [2.45, 2.75) is 18.4 Å². The molecule has 1 unspecified atom stereocenters. The number of aliphatic hydroxyl groups is 1. The van der Waals surface area contributed by atoms with E-state index in [1.165, 1.54) is 0 Å². The maximum absolute atomic E-state index is 10.6. The Morgan fingerprint density at radius 3 is 2.31 bits per heavy atom. The van der Waals surface area contributed by atoms with Gasteiger partial charge >= 0.3 is 0 Å². The summed E-state index contributed by atoms with van der Waals surface area (Å²) in [6.07, 6.45) is 2.15. The van der Waals surface area contributed by atoms with Crippen LogP contribution in [0.1, 0.15) is 18.4 Å². The minimum absolute atomic E-state index is 0.334. The third kappa shape index (κ3) is 2.06. The highest BCUT2D eigenvalue weighted by Gasteiger charge is 2.45. The van der Waals surface area contributed by atoms with Gasteiger partial charge in [-0.25, -0.2) is 0 Å². The molecule has 1 atom stereocenters. The first-order chi connectivity index (χ1) is 7.70. The number of hydrogen-bond acceptors (Lipinski definition) is 3. The molecule has 1 fully saturated rings. The molecule has 0 spiro atoms. The van der Waals surface area contributed by atoms with Gasteiger partial charge in [0.25, 0.3) is 0 Å². The lowest BCUT2D eigenvalue weighted by Gasteiger charge is -2.28. The van der Waals surface area contributed by atoms with Crippen molar-refractivity contribution in [1.29, 1.82) is 0 Å². The molecule has 0 aromatic heterocycles. The summed E-state index contributed by atoms with van der Waals surface area (Å²) in [5.41, 5.74) is 0.0822. The molecular formula is C13H18O3. The normalized spacial score (nSPS) is 19.2. The standard InChI is InChI=1S/C13H18O3/c1-15-9-13(14,10-3-4-10)11-5-7-12(16-2)8-6-11/h5-8,10,14H,3-4,9H2,1-2H3. The van der Waals surface area contributed by atoms with Crippen LogP contribution in [0.25, 0.3) is 0 Å². The van der Waals surface area contributed by atoms with Crippen LogP contribution < -0.4 is 4.74 Å².